The van der Waals surface area contributed by atoms with Gasteiger partial charge in [0.1, 0.15) is 0 Å². The van der Waals surface area contributed by atoms with Crippen molar-refractivity contribution in [2.75, 3.05) is 0 Å². The highest BCUT2D eigenvalue weighted by molar-refractivity contribution is 5.49. The van der Waals surface area contributed by atoms with Crippen molar-refractivity contribution in [1.82, 2.24) is 5.64 Å². The van der Waals surface area contributed by atoms with Gasteiger partial charge in [-0.15, -0.1) is 0 Å². The van der Waals surface area contributed by atoms with Crippen LogP contribution in [-0.4, -0.2) is 4.92 Å². The largest absolute Gasteiger partial charge is 0.370 e. The molecule has 0 saturated carbocycles. The first-order valence-electron chi connectivity index (χ1n) is 3.14. The van der Waals surface area contributed by atoms with Gasteiger partial charge in [-0.1, -0.05) is 0 Å². The van der Waals surface area contributed by atoms with E-state index in [1.807, 2.05) is 0 Å². The van der Waals surface area contributed by atoms with E-state index in [0.29, 0.717) is 11.5 Å². The van der Waals surface area contributed by atoms with E-state index >= 15 is 0 Å². The van der Waals surface area contributed by atoms with E-state index < -0.39 is 4.92 Å². The van der Waals surface area contributed by atoms with Gasteiger partial charge in [0.25, 0.3) is 5.69 Å². The monoisotopic (exact) mass is 168 g/mol. The van der Waals surface area contributed by atoms with E-state index in [0.717, 1.165) is 0 Å². The van der Waals surface area contributed by atoms with E-state index in [4.69, 9.17) is 9.68 Å². The highest BCUT2D eigenvalue weighted by Gasteiger charge is 2.17. The van der Waals surface area contributed by atoms with Crippen molar-refractivity contribution in [2.45, 2.75) is 0 Å². The van der Waals surface area contributed by atoms with Gasteiger partial charge in [-0.2, -0.15) is 0 Å². The normalized spacial score (nSPS) is 13.0. The molecule has 1 N–H and O–H groups in total. The van der Waals surface area contributed by atoms with Gasteiger partial charge in [-0.05, 0) is 6.07 Å². The Morgan fingerprint density at radius 1 is 1.33 bits per heavy atom. The molecule has 0 unspecified atom stereocenters. The van der Waals surface area contributed by atoms with Crippen LogP contribution in [0.1, 0.15) is 0 Å². The fraction of sp³-hybridized carbons (Fsp3) is 0. The lowest BCUT2D eigenvalue weighted by molar-refractivity contribution is -0.384. The molecule has 2 rings (SSSR count). The quantitative estimate of drug-likeness (QED) is 0.495. The lowest BCUT2D eigenvalue weighted by atomic mass is 10.3. The summed E-state index contributed by atoms with van der Waals surface area (Å²) in [7, 11) is 0. The predicted molar refractivity (Wildman–Crippen MR) is 37.5 cm³/mol. The van der Waals surface area contributed by atoms with E-state index in [9.17, 15) is 10.1 Å². The Kier molecular flexibility index (Phi) is 1.34. The van der Waals surface area contributed by atoms with E-state index in [-0.39, 0.29) is 5.69 Å². The fourth-order valence-corrected chi connectivity index (χ4v) is 0.885. The van der Waals surface area contributed by atoms with Gasteiger partial charge in [-0.3, -0.25) is 10.1 Å². The smallest absolute Gasteiger partial charge is 0.273 e. The number of nitrogens with zero attached hydrogens (tertiary/aromatic N) is 1. The zero-order valence-corrected chi connectivity index (χ0v) is 5.81. The molecule has 1 aliphatic rings. The summed E-state index contributed by atoms with van der Waals surface area (Å²) in [5.74, 6) is 0.768. The predicted octanol–water partition coefficient (Wildman–Crippen LogP) is 0.786. The van der Waals surface area contributed by atoms with Crippen LogP contribution in [0, 0.1) is 10.1 Å². The minimum Gasteiger partial charge on any atom is -0.370 e. The minimum atomic E-state index is -0.498. The number of non-ortho nitro benzene ring substituents is 1. The first-order chi connectivity index (χ1) is 5.77. The van der Waals surface area contributed by atoms with Crippen LogP contribution in [0.2, 0.25) is 0 Å². The van der Waals surface area contributed by atoms with Gasteiger partial charge in [-0.25, -0.2) is 0 Å². The molecule has 6 nitrogen and oxygen atoms in total. The highest BCUT2D eigenvalue weighted by atomic mass is 16.9. The molecule has 0 aliphatic carbocycles. The molecule has 0 atom stereocenters. The van der Waals surface area contributed by atoms with Gasteiger partial charge in [0.05, 0.1) is 11.0 Å². The van der Waals surface area contributed by atoms with Crippen LogP contribution >= 0.6 is 0 Å². The topological polar surface area (TPSA) is 73.6 Å². The van der Waals surface area contributed by atoms with Gasteiger partial charge >= 0.3 is 0 Å². The standard InChI is InChI=1S/C6H4N2O4/c9-8(10)4-1-2-5-6(3-4)12-7-11-5/h1-3,7H. The molecule has 0 radical (unpaired) electrons. The summed E-state index contributed by atoms with van der Waals surface area (Å²) in [5, 5.41) is 10.3. The molecular weight excluding hydrogens is 164 g/mol. The summed E-state index contributed by atoms with van der Waals surface area (Å²) in [5.41, 5.74) is 2.10. The molecule has 6 heteroatoms. The first kappa shape index (κ1) is 6.86. The summed E-state index contributed by atoms with van der Waals surface area (Å²) in [6.07, 6.45) is 0. The molecule has 0 fully saturated rings. The number of nitrogens with one attached hydrogen (secondary N) is 1. The van der Waals surface area contributed by atoms with Crippen molar-refractivity contribution in [1.29, 1.82) is 0 Å². The lowest BCUT2D eigenvalue weighted by Crippen LogP contribution is -2.14. The third-order valence-corrected chi connectivity index (χ3v) is 1.44. The van der Waals surface area contributed by atoms with Crippen LogP contribution in [0.25, 0.3) is 0 Å². The molecule has 0 bridgehead atoms. The molecule has 0 aromatic heterocycles. The number of hydrogen-bond acceptors (Lipinski definition) is 5. The maximum absolute atomic E-state index is 10.3. The number of hydrogen-bond donors (Lipinski definition) is 1. The van der Waals surface area contributed by atoms with Crippen molar-refractivity contribution >= 4 is 5.69 Å². The van der Waals surface area contributed by atoms with Crippen LogP contribution in [0.3, 0.4) is 0 Å². The SMILES string of the molecule is O=[N+]([O-])c1ccc2c(c1)ONO2. The third kappa shape index (κ3) is 0.940. The summed E-state index contributed by atoms with van der Waals surface area (Å²) < 4.78 is 0. The molecular formula is C6H4N2O4. The average Bonchev–Trinajstić information content (AvgIpc) is 2.49. The number of fused-ring (bicyclic) bond motifs is 1. The zero-order valence-electron chi connectivity index (χ0n) is 5.81. The Labute approximate surface area is 66.8 Å². The second-order valence-corrected chi connectivity index (χ2v) is 2.18. The van der Waals surface area contributed by atoms with Crippen LogP contribution in [0.15, 0.2) is 18.2 Å². The summed E-state index contributed by atoms with van der Waals surface area (Å²) in [4.78, 5) is 19.2. The molecule has 0 spiro atoms. The molecule has 0 amide bonds. The molecule has 1 heterocycles. The Morgan fingerprint density at radius 2 is 2.08 bits per heavy atom. The summed E-state index contributed by atoms with van der Waals surface area (Å²) in [6, 6.07) is 4.10. The maximum atomic E-state index is 10.3. The third-order valence-electron chi connectivity index (χ3n) is 1.44. The lowest BCUT2D eigenvalue weighted by Gasteiger charge is -1.91. The van der Waals surface area contributed by atoms with Crippen molar-refractivity contribution < 1.29 is 14.6 Å². The number of rotatable bonds is 1. The highest BCUT2D eigenvalue weighted by Crippen LogP contribution is 2.33. The molecule has 1 aromatic rings. The number of nitro benzene ring substituents is 1. The van der Waals surface area contributed by atoms with Crippen molar-refractivity contribution in [3.05, 3.63) is 28.3 Å². The van der Waals surface area contributed by atoms with Crippen LogP contribution < -0.4 is 15.3 Å². The van der Waals surface area contributed by atoms with Gasteiger partial charge in [0.2, 0.25) is 5.75 Å². The second kappa shape index (κ2) is 2.35. The van der Waals surface area contributed by atoms with Crippen LogP contribution in [-0.2, 0) is 0 Å². The Bertz CT molecular complexity index is 338. The molecule has 1 aromatic carbocycles. The number of nitro groups is 1. The Morgan fingerprint density at radius 3 is 2.83 bits per heavy atom. The van der Waals surface area contributed by atoms with E-state index in [1.165, 1.54) is 18.2 Å². The Hall–Kier alpha value is -1.82. The van der Waals surface area contributed by atoms with E-state index in [1.54, 1.807) is 0 Å². The van der Waals surface area contributed by atoms with Crippen molar-refractivity contribution in [3.63, 3.8) is 0 Å². The number of benzene rings is 1. The van der Waals surface area contributed by atoms with Gasteiger partial charge in [0, 0.05) is 11.7 Å². The molecule has 1 aliphatic heterocycles. The van der Waals surface area contributed by atoms with Gasteiger partial charge < -0.3 is 9.68 Å². The molecule has 0 saturated heterocycles. The summed E-state index contributed by atoms with van der Waals surface area (Å²) in [6.45, 7) is 0. The van der Waals surface area contributed by atoms with Crippen molar-refractivity contribution in [2.24, 2.45) is 0 Å². The van der Waals surface area contributed by atoms with Crippen molar-refractivity contribution in [3.8, 4) is 11.5 Å². The average molecular weight is 168 g/mol. The minimum absolute atomic E-state index is 0.0268. The summed E-state index contributed by atoms with van der Waals surface area (Å²) >= 11 is 0. The molecule has 62 valence electrons. The van der Waals surface area contributed by atoms with E-state index in [2.05, 4.69) is 5.64 Å². The molecule has 12 heavy (non-hydrogen) atoms. The van der Waals surface area contributed by atoms with Crippen LogP contribution in [0.5, 0.6) is 11.5 Å². The first-order valence-corrected chi connectivity index (χ1v) is 3.14. The maximum Gasteiger partial charge on any atom is 0.273 e. The zero-order chi connectivity index (χ0) is 8.55. The second-order valence-electron chi connectivity index (χ2n) is 2.18. The van der Waals surface area contributed by atoms with Crippen LogP contribution in [0.4, 0.5) is 5.69 Å². The van der Waals surface area contributed by atoms with Gasteiger partial charge in [0.15, 0.2) is 5.75 Å². The fourth-order valence-electron chi connectivity index (χ4n) is 0.885. The Balaban J connectivity index is 2.45.